The zero-order valence-electron chi connectivity index (χ0n) is 15.2. The highest BCUT2D eigenvalue weighted by atomic mass is 32.2. The molecule has 1 fully saturated rings. The summed E-state index contributed by atoms with van der Waals surface area (Å²) in [7, 11) is -3.61. The van der Waals surface area contributed by atoms with Crippen molar-refractivity contribution in [3.05, 3.63) is 48.5 Å². The monoisotopic (exact) mass is 444 g/mol. The van der Waals surface area contributed by atoms with E-state index in [-0.39, 0.29) is 22.0 Å². The molecule has 160 valence electrons. The minimum Gasteiger partial charge on any atom is -0.497 e. The van der Waals surface area contributed by atoms with Gasteiger partial charge in [-0.15, -0.1) is 0 Å². The lowest BCUT2D eigenvalue weighted by atomic mass is 10.1. The van der Waals surface area contributed by atoms with Crippen molar-refractivity contribution in [2.45, 2.75) is 16.7 Å². The quantitative estimate of drug-likeness (QED) is 0.474. The van der Waals surface area contributed by atoms with E-state index < -0.39 is 38.7 Å². The number of hydrogen-bond acceptors (Lipinski definition) is 6. The zero-order valence-corrected chi connectivity index (χ0v) is 16.0. The van der Waals surface area contributed by atoms with Gasteiger partial charge in [-0.3, -0.25) is 4.79 Å². The molecule has 1 unspecified atom stereocenters. The van der Waals surface area contributed by atoms with Crippen molar-refractivity contribution in [2.75, 3.05) is 17.7 Å². The number of nitrogens with one attached hydrogen (secondary N) is 2. The van der Waals surface area contributed by atoms with Crippen LogP contribution in [0.4, 0.5) is 29.3 Å². The number of nitrogen functional groups attached to an aromatic ring is 1. The van der Waals surface area contributed by atoms with Crippen molar-refractivity contribution >= 4 is 33.3 Å². The van der Waals surface area contributed by atoms with Gasteiger partial charge in [0.25, 0.3) is 11.6 Å². The number of anilines is 2. The molecule has 3 rings (SSSR count). The molecular formula is C17H15F3N4O5S. The van der Waals surface area contributed by atoms with E-state index >= 15 is 0 Å². The lowest BCUT2D eigenvalue weighted by molar-refractivity contribution is -0.194. The van der Waals surface area contributed by atoms with Crippen LogP contribution in [0.25, 0.3) is 0 Å². The standard InChI is InChI=1S/C17H15F3N4O5S/c1-29-12-4-2-3-11(9-12)24-14(25)16(17(18,19)20,22-15(24)26)23-30(27,28)13-7-5-10(21)6-8-13/h2-9,23H,21H2,1H3,(H,22,26). The molecule has 1 atom stereocenters. The van der Waals surface area contributed by atoms with Gasteiger partial charge in [-0.2, -0.15) is 17.9 Å². The molecule has 4 N–H and O–H groups in total. The molecule has 13 heteroatoms. The molecule has 9 nitrogen and oxygen atoms in total. The van der Waals surface area contributed by atoms with Crippen LogP contribution in [0.15, 0.2) is 53.4 Å². The molecule has 1 heterocycles. The van der Waals surface area contributed by atoms with Crippen LogP contribution in [0.2, 0.25) is 0 Å². The Bertz CT molecular complexity index is 1110. The molecule has 1 saturated heterocycles. The van der Waals surface area contributed by atoms with Crippen molar-refractivity contribution in [3.8, 4) is 5.75 Å². The summed E-state index contributed by atoms with van der Waals surface area (Å²) in [6.45, 7) is 0. The smallest absolute Gasteiger partial charge is 0.435 e. The fourth-order valence-corrected chi connectivity index (χ4v) is 4.01. The molecule has 0 saturated carbocycles. The first-order valence-electron chi connectivity index (χ1n) is 8.18. The third-order valence-electron chi connectivity index (χ3n) is 4.24. The fraction of sp³-hybridized carbons (Fsp3) is 0.176. The number of hydrogen-bond donors (Lipinski definition) is 3. The van der Waals surface area contributed by atoms with Gasteiger partial charge in [-0.05, 0) is 36.4 Å². The van der Waals surface area contributed by atoms with E-state index in [4.69, 9.17) is 10.5 Å². The van der Waals surface area contributed by atoms with Crippen LogP contribution in [0.5, 0.6) is 5.75 Å². The Labute approximate surface area is 168 Å². The first-order valence-corrected chi connectivity index (χ1v) is 9.66. The summed E-state index contributed by atoms with van der Waals surface area (Å²) in [5, 5.41) is 1.44. The lowest BCUT2D eigenvalue weighted by Gasteiger charge is -2.29. The van der Waals surface area contributed by atoms with Crippen LogP contribution in [0, 0.1) is 0 Å². The van der Waals surface area contributed by atoms with E-state index in [9.17, 15) is 31.2 Å². The highest BCUT2D eigenvalue weighted by Gasteiger charge is 2.69. The van der Waals surface area contributed by atoms with Crippen LogP contribution in [0.3, 0.4) is 0 Å². The molecule has 0 spiro atoms. The van der Waals surface area contributed by atoms with E-state index in [1.54, 1.807) is 0 Å². The Morgan fingerprint density at radius 1 is 1.13 bits per heavy atom. The zero-order chi connectivity index (χ0) is 22.3. The van der Waals surface area contributed by atoms with Crippen molar-refractivity contribution in [3.63, 3.8) is 0 Å². The number of carbonyl (C=O) groups is 2. The maximum absolute atomic E-state index is 14.0. The van der Waals surface area contributed by atoms with Gasteiger partial charge in [0.2, 0.25) is 10.0 Å². The van der Waals surface area contributed by atoms with Crippen molar-refractivity contribution in [2.24, 2.45) is 0 Å². The second kappa shape index (κ2) is 7.18. The molecule has 0 bridgehead atoms. The number of nitrogens with two attached hydrogens (primary N) is 1. The maximum atomic E-state index is 14.0. The Morgan fingerprint density at radius 3 is 2.33 bits per heavy atom. The van der Waals surface area contributed by atoms with Gasteiger partial charge in [0.05, 0.1) is 17.7 Å². The highest BCUT2D eigenvalue weighted by molar-refractivity contribution is 7.89. The minimum atomic E-state index is -5.51. The molecule has 1 aliphatic heterocycles. The number of sulfonamides is 1. The number of methoxy groups -OCH3 is 1. The number of halogens is 3. The second-order valence-corrected chi connectivity index (χ2v) is 7.88. The molecule has 30 heavy (non-hydrogen) atoms. The van der Waals surface area contributed by atoms with Crippen LogP contribution in [0.1, 0.15) is 0 Å². The summed E-state index contributed by atoms with van der Waals surface area (Å²) in [5.41, 5.74) is 1.48. The predicted octanol–water partition coefficient (Wildman–Crippen LogP) is 1.57. The number of carbonyl (C=O) groups excluding carboxylic acids is 2. The van der Waals surface area contributed by atoms with Gasteiger partial charge in [-0.1, -0.05) is 6.07 Å². The first-order chi connectivity index (χ1) is 13.9. The molecule has 0 aromatic heterocycles. The molecule has 3 amide bonds. The number of rotatable bonds is 5. The van der Waals surface area contributed by atoms with Crippen LogP contribution < -0.4 is 25.4 Å². The Kier molecular flexibility index (Phi) is 5.12. The van der Waals surface area contributed by atoms with E-state index in [0.717, 1.165) is 30.3 Å². The number of nitrogens with zero attached hydrogens (tertiary/aromatic N) is 1. The molecule has 2 aromatic rings. The minimum absolute atomic E-state index is 0.167. The SMILES string of the molecule is COc1cccc(N2C(=O)NC(NS(=O)(=O)c3ccc(N)cc3)(C(F)(F)F)C2=O)c1. The third-order valence-corrected chi connectivity index (χ3v) is 5.70. The van der Waals surface area contributed by atoms with Crippen LogP contribution in [-0.2, 0) is 14.8 Å². The Morgan fingerprint density at radius 2 is 1.77 bits per heavy atom. The van der Waals surface area contributed by atoms with Crippen molar-refractivity contribution in [1.29, 1.82) is 0 Å². The lowest BCUT2D eigenvalue weighted by Crippen LogP contribution is -2.69. The average molecular weight is 444 g/mol. The van der Waals surface area contributed by atoms with E-state index in [1.807, 2.05) is 0 Å². The molecule has 0 aliphatic carbocycles. The molecular weight excluding hydrogens is 429 g/mol. The normalized spacial score (nSPS) is 19.7. The molecule has 2 aromatic carbocycles. The summed E-state index contributed by atoms with van der Waals surface area (Å²) in [4.78, 5) is 24.7. The van der Waals surface area contributed by atoms with Gasteiger partial charge in [0.15, 0.2) is 0 Å². The van der Waals surface area contributed by atoms with E-state index in [0.29, 0.717) is 0 Å². The largest absolute Gasteiger partial charge is 0.497 e. The summed E-state index contributed by atoms with van der Waals surface area (Å²) in [5.74, 6) is -1.70. The van der Waals surface area contributed by atoms with Crippen LogP contribution in [-0.4, -0.2) is 39.3 Å². The van der Waals surface area contributed by atoms with Crippen LogP contribution >= 0.6 is 0 Å². The summed E-state index contributed by atoms with van der Waals surface area (Å²) < 4.78 is 73.2. The third kappa shape index (κ3) is 3.52. The number of imide groups is 1. The number of urea groups is 1. The van der Waals surface area contributed by atoms with Crippen molar-refractivity contribution in [1.82, 2.24) is 10.0 Å². The number of benzene rings is 2. The topological polar surface area (TPSA) is 131 Å². The predicted molar refractivity (Wildman–Crippen MR) is 99.0 cm³/mol. The van der Waals surface area contributed by atoms with E-state index in [1.165, 1.54) is 35.3 Å². The Hall–Kier alpha value is -3.32. The second-order valence-electron chi connectivity index (χ2n) is 6.19. The average Bonchev–Trinajstić information content (AvgIpc) is 2.92. The van der Waals surface area contributed by atoms with E-state index in [2.05, 4.69) is 0 Å². The fourth-order valence-electron chi connectivity index (χ4n) is 2.74. The number of alkyl halides is 3. The summed E-state index contributed by atoms with van der Waals surface area (Å²) >= 11 is 0. The first kappa shape index (κ1) is 21.4. The highest BCUT2D eigenvalue weighted by Crippen LogP contribution is 2.37. The molecule has 0 radical (unpaired) electrons. The Balaban J connectivity index is 2.07. The maximum Gasteiger partial charge on any atom is 0.435 e. The van der Waals surface area contributed by atoms with Gasteiger partial charge >= 0.3 is 12.2 Å². The molecule has 1 aliphatic rings. The van der Waals surface area contributed by atoms with Gasteiger partial charge in [0, 0.05) is 11.8 Å². The van der Waals surface area contributed by atoms with Gasteiger partial charge < -0.3 is 15.8 Å². The number of amides is 3. The van der Waals surface area contributed by atoms with Crippen molar-refractivity contribution < 1.29 is 35.9 Å². The van der Waals surface area contributed by atoms with Gasteiger partial charge in [0.1, 0.15) is 5.75 Å². The van der Waals surface area contributed by atoms with Gasteiger partial charge in [-0.25, -0.2) is 18.1 Å². The summed E-state index contributed by atoms with van der Waals surface area (Å²) in [6.07, 6.45) is -5.51. The number of ether oxygens (including phenoxy) is 1. The summed E-state index contributed by atoms with van der Waals surface area (Å²) in [6, 6.07) is 7.92.